The molecule has 0 bridgehead atoms. The van der Waals surface area contributed by atoms with Crippen molar-refractivity contribution >= 4 is 11.1 Å². The summed E-state index contributed by atoms with van der Waals surface area (Å²) in [6, 6.07) is 4.06. The van der Waals surface area contributed by atoms with Crippen LogP contribution in [0.15, 0.2) is 73.9 Å². The molecular weight excluding hydrogens is 284 g/mol. The fourth-order valence-electron chi connectivity index (χ4n) is 2.85. The Morgan fingerprint density at radius 3 is 2.04 bits per heavy atom. The van der Waals surface area contributed by atoms with Crippen LogP contribution in [0.2, 0.25) is 0 Å². The molecule has 0 radical (unpaired) electrons. The van der Waals surface area contributed by atoms with E-state index in [1.807, 2.05) is 18.2 Å². The molecule has 0 aliphatic carbocycles. The highest BCUT2D eigenvalue weighted by Crippen LogP contribution is 2.43. The Hall–Kier alpha value is -2.74. The molecule has 0 atom stereocenters. The van der Waals surface area contributed by atoms with E-state index in [2.05, 4.69) is 32.4 Å². The highest BCUT2D eigenvalue weighted by Gasteiger charge is 2.22. The second-order valence-electron chi connectivity index (χ2n) is 5.49. The van der Waals surface area contributed by atoms with Gasteiger partial charge in [-0.15, -0.1) is 0 Å². The molecule has 0 saturated heterocycles. The first kappa shape index (κ1) is 15.2. The standard InChI is InChI=1S/C21H20O2/c1-5-14(3)16-8-7-10-22-20-13-19-17(15(4)6-2)9-11-23-21(19)12-18(16)20/h5-6,8-9,12-13H,1-4,7,10-11H2. The summed E-state index contributed by atoms with van der Waals surface area (Å²) in [5.41, 5.74) is 5.86. The maximum atomic E-state index is 5.94. The van der Waals surface area contributed by atoms with Crippen molar-refractivity contribution in [1.82, 2.24) is 0 Å². The molecule has 0 spiro atoms. The Morgan fingerprint density at radius 2 is 1.43 bits per heavy atom. The molecule has 3 rings (SSSR count). The maximum Gasteiger partial charge on any atom is 0.128 e. The van der Waals surface area contributed by atoms with Gasteiger partial charge in [0.05, 0.1) is 6.61 Å². The van der Waals surface area contributed by atoms with Gasteiger partial charge in [0, 0.05) is 17.5 Å². The van der Waals surface area contributed by atoms with Crippen LogP contribution >= 0.6 is 0 Å². The van der Waals surface area contributed by atoms with Crippen LogP contribution in [-0.4, -0.2) is 13.2 Å². The summed E-state index contributed by atoms with van der Waals surface area (Å²) in [6.07, 6.45) is 8.54. The Bertz CT molecular complexity index is 775. The Balaban J connectivity index is 2.16. The molecule has 1 aromatic carbocycles. The Labute approximate surface area is 137 Å². The minimum atomic E-state index is 0.524. The predicted octanol–water partition coefficient (Wildman–Crippen LogP) is 5.11. The van der Waals surface area contributed by atoms with Gasteiger partial charge in [0.2, 0.25) is 0 Å². The zero-order chi connectivity index (χ0) is 16.4. The average Bonchev–Trinajstić information content (AvgIpc) is 2.79. The molecule has 2 nitrogen and oxygen atoms in total. The zero-order valence-corrected chi connectivity index (χ0v) is 13.2. The van der Waals surface area contributed by atoms with Crippen molar-refractivity contribution in [2.24, 2.45) is 0 Å². The maximum absolute atomic E-state index is 5.94. The van der Waals surface area contributed by atoms with Gasteiger partial charge in [0.15, 0.2) is 0 Å². The number of ether oxygens (including phenoxy) is 2. The van der Waals surface area contributed by atoms with Gasteiger partial charge in [-0.05, 0) is 40.5 Å². The third kappa shape index (κ3) is 2.68. The van der Waals surface area contributed by atoms with E-state index in [-0.39, 0.29) is 0 Å². The molecule has 0 unspecified atom stereocenters. The molecule has 2 heteroatoms. The van der Waals surface area contributed by atoms with Gasteiger partial charge in [-0.2, -0.15) is 0 Å². The molecule has 23 heavy (non-hydrogen) atoms. The molecular formula is C21H20O2. The van der Waals surface area contributed by atoms with Crippen LogP contribution in [0.1, 0.15) is 17.5 Å². The molecule has 2 aliphatic rings. The summed E-state index contributed by atoms with van der Waals surface area (Å²) in [4.78, 5) is 0. The van der Waals surface area contributed by atoms with E-state index in [9.17, 15) is 0 Å². The molecule has 2 heterocycles. The lowest BCUT2D eigenvalue weighted by atomic mass is 9.91. The highest BCUT2D eigenvalue weighted by atomic mass is 16.5. The van der Waals surface area contributed by atoms with Crippen molar-refractivity contribution in [3.63, 3.8) is 0 Å². The smallest absolute Gasteiger partial charge is 0.128 e. The van der Waals surface area contributed by atoms with E-state index in [1.54, 1.807) is 12.2 Å². The first-order valence-corrected chi connectivity index (χ1v) is 7.64. The SMILES string of the molecule is C=CC(=C)C1=CCOc2cc3c(cc21)OCCC=C3C(=C)C=C. The van der Waals surface area contributed by atoms with Crippen molar-refractivity contribution in [3.05, 3.63) is 85.0 Å². The van der Waals surface area contributed by atoms with E-state index in [4.69, 9.17) is 9.47 Å². The highest BCUT2D eigenvalue weighted by molar-refractivity contribution is 5.90. The second kappa shape index (κ2) is 6.17. The molecule has 0 amide bonds. The van der Waals surface area contributed by atoms with E-state index in [0.29, 0.717) is 13.2 Å². The lowest BCUT2D eigenvalue weighted by molar-refractivity contribution is 0.323. The average molecular weight is 304 g/mol. The molecule has 0 N–H and O–H groups in total. The third-order valence-electron chi connectivity index (χ3n) is 4.10. The summed E-state index contributed by atoms with van der Waals surface area (Å²) in [7, 11) is 0. The minimum Gasteiger partial charge on any atom is -0.493 e. The second-order valence-corrected chi connectivity index (χ2v) is 5.49. The van der Waals surface area contributed by atoms with Crippen molar-refractivity contribution < 1.29 is 9.47 Å². The van der Waals surface area contributed by atoms with Crippen molar-refractivity contribution in [2.45, 2.75) is 6.42 Å². The largest absolute Gasteiger partial charge is 0.493 e. The number of hydrogen-bond donors (Lipinski definition) is 0. The number of allylic oxidation sites excluding steroid dienone is 6. The normalized spacial score (nSPS) is 15.5. The van der Waals surface area contributed by atoms with E-state index in [1.165, 1.54) is 0 Å². The Morgan fingerprint density at radius 1 is 0.870 bits per heavy atom. The fraction of sp³-hybridized carbons (Fsp3) is 0.143. The van der Waals surface area contributed by atoms with Gasteiger partial charge in [0.1, 0.15) is 18.1 Å². The number of benzene rings is 1. The molecule has 0 saturated carbocycles. The van der Waals surface area contributed by atoms with E-state index in [0.717, 1.165) is 51.3 Å². The Kier molecular flexibility index (Phi) is 4.07. The first-order valence-electron chi connectivity index (χ1n) is 7.64. The lowest BCUT2D eigenvalue weighted by Crippen LogP contribution is -2.07. The monoisotopic (exact) mass is 304 g/mol. The molecule has 1 aromatic rings. The number of fused-ring (bicyclic) bond motifs is 2. The minimum absolute atomic E-state index is 0.524. The predicted molar refractivity (Wildman–Crippen MR) is 96.7 cm³/mol. The third-order valence-corrected chi connectivity index (χ3v) is 4.10. The number of hydrogen-bond acceptors (Lipinski definition) is 2. The molecule has 0 aromatic heterocycles. The number of rotatable bonds is 4. The van der Waals surface area contributed by atoms with Crippen LogP contribution in [0.5, 0.6) is 11.5 Å². The zero-order valence-electron chi connectivity index (χ0n) is 13.2. The summed E-state index contributed by atoms with van der Waals surface area (Å²) in [5.74, 6) is 1.67. The van der Waals surface area contributed by atoms with Crippen LogP contribution in [0.4, 0.5) is 0 Å². The summed E-state index contributed by atoms with van der Waals surface area (Å²) in [6.45, 7) is 17.0. The lowest BCUT2D eigenvalue weighted by Gasteiger charge is -2.22. The first-order chi connectivity index (χ1) is 11.2. The molecule has 0 fully saturated rings. The van der Waals surface area contributed by atoms with Crippen molar-refractivity contribution in [1.29, 1.82) is 0 Å². The van der Waals surface area contributed by atoms with Crippen LogP contribution in [0, 0.1) is 0 Å². The fourth-order valence-corrected chi connectivity index (χ4v) is 2.85. The van der Waals surface area contributed by atoms with Gasteiger partial charge in [-0.25, -0.2) is 0 Å². The topological polar surface area (TPSA) is 18.5 Å². The van der Waals surface area contributed by atoms with Crippen LogP contribution < -0.4 is 9.47 Å². The van der Waals surface area contributed by atoms with Gasteiger partial charge < -0.3 is 9.47 Å². The van der Waals surface area contributed by atoms with Gasteiger partial charge in [0.25, 0.3) is 0 Å². The summed E-state index contributed by atoms with van der Waals surface area (Å²) < 4.78 is 11.8. The van der Waals surface area contributed by atoms with Crippen LogP contribution in [0.3, 0.4) is 0 Å². The summed E-state index contributed by atoms with van der Waals surface area (Å²) in [5, 5.41) is 0. The quantitative estimate of drug-likeness (QED) is 0.719. The van der Waals surface area contributed by atoms with Crippen LogP contribution in [-0.2, 0) is 0 Å². The summed E-state index contributed by atoms with van der Waals surface area (Å²) >= 11 is 0. The van der Waals surface area contributed by atoms with E-state index < -0.39 is 0 Å². The van der Waals surface area contributed by atoms with Gasteiger partial charge in [-0.1, -0.05) is 44.5 Å². The molecule has 116 valence electrons. The van der Waals surface area contributed by atoms with E-state index >= 15 is 0 Å². The van der Waals surface area contributed by atoms with Crippen molar-refractivity contribution in [2.75, 3.05) is 13.2 Å². The molecule has 2 aliphatic heterocycles. The van der Waals surface area contributed by atoms with Gasteiger partial charge in [-0.3, -0.25) is 0 Å². The van der Waals surface area contributed by atoms with Crippen molar-refractivity contribution in [3.8, 4) is 11.5 Å². The van der Waals surface area contributed by atoms with Crippen LogP contribution in [0.25, 0.3) is 11.1 Å². The van der Waals surface area contributed by atoms with Gasteiger partial charge >= 0.3 is 0 Å².